The average Bonchev–Trinajstić information content (AvgIpc) is 1.83. The number of ether oxygens (including phenoxy) is 1. The standard InChI is InChI=1S/C8H12O2/c1-7-5-3-2-4-6-8(9)10-7/h2-3,7H,4-6H2,1H3/b3-2+. The zero-order valence-corrected chi connectivity index (χ0v) is 6.17. The number of carbonyl (C=O) groups excluding carboxylic acids is 1. The van der Waals surface area contributed by atoms with Crippen LogP contribution in [0.4, 0.5) is 0 Å². The summed E-state index contributed by atoms with van der Waals surface area (Å²) in [5.74, 6) is -0.0724. The number of hydrogen-bond donors (Lipinski definition) is 0. The van der Waals surface area contributed by atoms with Crippen molar-refractivity contribution in [3.05, 3.63) is 12.2 Å². The third kappa shape index (κ3) is 2.21. The molecule has 0 N–H and O–H groups in total. The molecule has 1 atom stereocenters. The Balaban J connectivity index is 2.46. The van der Waals surface area contributed by atoms with Crippen LogP contribution in [-0.4, -0.2) is 12.1 Å². The highest BCUT2D eigenvalue weighted by atomic mass is 16.5. The molecule has 0 fully saturated rings. The Kier molecular flexibility index (Phi) is 2.49. The smallest absolute Gasteiger partial charge is 0.306 e. The van der Waals surface area contributed by atoms with Gasteiger partial charge in [0.2, 0.25) is 0 Å². The van der Waals surface area contributed by atoms with Gasteiger partial charge in [0, 0.05) is 12.8 Å². The maximum atomic E-state index is 10.8. The second-order valence-electron chi connectivity index (χ2n) is 2.55. The first-order valence-corrected chi connectivity index (χ1v) is 3.63. The molecule has 0 aliphatic carbocycles. The van der Waals surface area contributed by atoms with Crippen molar-refractivity contribution in [2.75, 3.05) is 0 Å². The number of hydrogen-bond acceptors (Lipinski definition) is 2. The first kappa shape index (κ1) is 7.32. The Morgan fingerprint density at radius 2 is 2.40 bits per heavy atom. The normalized spacial score (nSPS) is 30.1. The largest absolute Gasteiger partial charge is 0.462 e. The highest BCUT2D eigenvalue weighted by molar-refractivity contribution is 5.69. The molecule has 10 heavy (non-hydrogen) atoms. The number of carbonyl (C=O) groups is 1. The van der Waals surface area contributed by atoms with E-state index in [1.54, 1.807) is 0 Å². The van der Waals surface area contributed by atoms with Crippen molar-refractivity contribution in [2.45, 2.75) is 32.3 Å². The maximum absolute atomic E-state index is 10.8. The van der Waals surface area contributed by atoms with Gasteiger partial charge in [0.25, 0.3) is 0 Å². The lowest BCUT2D eigenvalue weighted by Crippen LogP contribution is -2.14. The topological polar surface area (TPSA) is 26.3 Å². The third-order valence-corrected chi connectivity index (χ3v) is 1.48. The van der Waals surface area contributed by atoms with Crippen LogP contribution in [-0.2, 0) is 9.53 Å². The zero-order chi connectivity index (χ0) is 7.40. The van der Waals surface area contributed by atoms with Crippen LogP contribution in [0.15, 0.2) is 12.2 Å². The van der Waals surface area contributed by atoms with Crippen molar-refractivity contribution < 1.29 is 9.53 Å². The molecule has 0 aromatic carbocycles. The summed E-state index contributed by atoms with van der Waals surface area (Å²) in [5, 5.41) is 0. The SMILES string of the molecule is CC1C/C=C/CCC(=O)O1. The Labute approximate surface area is 60.9 Å². The van der Waals surface area contributed by atoms with E-state index in [0.717, 1.165) is 12.8 Å². The molecule has 1 aliphatic heterocycles. The Bertz CT molecular complexity index is 149. The predicted octanol–water partition coefficient (Wildman–Crippen LogP) is 1.66. The molecule has 0 aromatic heterocycles. The van der Waals surface area contributed by atoms with Crippen molar-refractivity contribution in [1.82, 2.24) is 0 Å². The number of esters is 1. The van der Waals surface area contributed by atoms with Crippen molar-refractivity contribution in [2.24, 2.45) is 0 Å². The van der Waals surface area contributed by atoms with E-state index in [4.69, 9.17) is 4.74 Å². The molecule has 2 nitrogen and oxygen atoms in total. The van der Waals surface area contributed by atoms with Crippen LogP contribution in [0.2, 0.25) is 0 Å². The molecule has 1 rings (SSSR count). The Morgan fingerprint density at radius 3 is 3.20 bits per heavy atom. The predicted molar refractivity (Wildman–Crippen MR) is 38.5 cm³/mol. The molecule has 0 saturated heterocycles. The summed E-state index contributed by atoms with van der Waals surface area (Å²) < 4.78 is 5.00. The van der Waals surface area contributed by atoms with Gasteiger partial charge in [0.1, 0.15) is 6.10 Å². The second-order valence-corrected chi connectivity index (χ2v) is 2.55. The third-order valence-electron chi connectivity index (χ3n) is 1.48. The molecule has 1 unspecified atom stereocenters. The summed E-state index contributed by atoms with van der Waals surface area (Å²) in [7, 11) is 0. The van der Waals surface area contributed by atoms with Crippen LogP contribution >= 0.6 is 0 Å². The number of cyclic esters (lactones) is 1. The molecule has 0 amide bonds. The van der Waals surface area contributed by atoms with Crippen LogP contribution in [0.3, 0.4) is 0 Å². The van der Waals surface area contributed by atoms with Crippen LogP contribution in [0.25, 0.3) is 0 Å². The summed E-state index contributed by atoms with van der Waals surface area (Å²) >= 11 is 0. The van der Waals surface area contributed by atoms with Gasteiger partial charge in [-0.15, -0.1) is 0 Å². The van der Waals surface area contributed by atoms with Gasteiger partial charge in [-0.1, -0.05) is 12.2 Å². The average molecular weight is 140 g/mol. The lowest BCUT2D eigenvalue weighted by Gasteiger charge is -2.12. The van der Waals surface area contributed by atoms with E-state index in [2.05, 4.69) is 6.08 Å². The van der Waals surface area contributed by atoms with Gasteiger partial charge in [0.05, 0.1) is 0 Å². The maximum Gasteiger partial charge on any atom is 0.306 e. The molecule has 0 radical (unpaired) electrons. The van der Waals surface area contributed by atoms with Gasteiger partial charge in [-0.25, -0.2) is 0 Å². The van der Waals surface area contributed by atoms with Gasteiger partial charge in [-0.3, -0.25) is 4.79 Å². The molecule has 56 valence electrons. The van der Waals surface area contributed by atoms with E-state index < -0.39 is 0 Å². The molecule has 1 aliphatic rings. The van der Waals surface area contributed by atoms with E-state index in [9.17, 15) is 4.79 Å². The number of rotatable bonds is 0. The van der Waals surface area contributed by atoms with E-state index in [1.165, 1.54) is 0 Å². The van der Waals surface area contributed by atoms with Gasteiger partial charge in [0.15, 0.2) is 0 Å². The molecule has 0 aromatic rings. The summed E-state index contributed by atoms with van der Waals surface area (Å²) in [5.41, 5.74) is 0. The molecular formula is C8H12O2. The molecule has 2 heteroatoms. The van der Waals surface area contributed by atoms with Gasteiger partial charge in [-0.05, 0) is 13.3 Å². The molecule has 0 saturated carbocycles. The van der Waals surface area contributed by atoms with Crippen LogP contribution in [0, 0.1) is 0 Å². The number of allylic oxidation sites excluding steroid dienone is 1. The summed E-state index contributed by atoms with van der Waals surface area (Å²) in [4.78, 5) is 10.8. The van der Waals surface area contributed by atoms with E-state index in [1.807, 2.05) is 13.0 Å². The van der Waals surface area contributed by atoms with Crippen LogP contribution < -0.4 is 0 Å². The molecule has 0 spiro atoms. The summed E-state index contributed by atoms with van der Waals surface area (Å²) in [6.45, 7) is 1.91. The molecule has 1 heterocycles. The molecular weight excluding hydrogens is 128 g/mol. The van der Waals surface area contributed by atoms with Crippen molar-refractivity contribution >= 4 is 5.97 Å². The first-order chi connectivity index (χ1) is 4.79. The zero-order valence-electron chi connectivity index (χ0n) is 6.17. The summed E-state index contributed by atoms with van der Waals surface area (Å²) in [6.07, 6.45) is 6.37. The van der Waals surface area contributed by atoms with Crippen molar-refractivity contribution in [3.63, 3.8) is 0 Å². The highest BCUT2D eigenvalue weighted by Crippen LogP contribution is 2.07. The lowest BCUT2D eigenvalue weighted by molar-refractivity contribution is -0.148. The minimum absolute atomic E-state index is 0.0593. The Hall–Kier alpha value is -0.790. The van der Waals surface area contributed by atoms with E-state index in [-0.39, 0.29) is 12.1 Å². The fourth-order valence-electron chi connectivity index (χ4n) is 0.938. The minimum atomic E-state index is -0.0724. The van der Waals surface area contributed by atoms with Gasteiger partial charge in [-0.2, -0.15) is 0 Å². The van der Waals surface area contributed by atoms with E-state index in [0.29, 0.717) is 6.42 Å². The van der Waals surface area contributed by atoms with Crippen LogP contribution in [0.5, 0.6) is 0 Å². The van der Waals surface area contributed by atoms with Gasteiger partial charge < -0.3 is 4.74 Å². The quantitative estimate of drug-likeness (QED) is 0.378. The monoisotopic (exact) mass is 140 g/mol. The van der Waals surface area contributed by atoms with E-state index >= 15 is 0 Å². The van der Waals surface area contributed by atoms with Crippen molar-refractivity contribution in [1.29, 1.82) is 0 Å². The highest BCUT2D eigenvalue weighted by Gasteiger charge is 2.08. The fraction of sp³-hybridized carbons (Fsp3) is 0.625. The minimum Gasteiger partial charge on any atom is -0.462 e. The van der Waals surface area contributed by atoms with Crippen molar-refractivity contribution in [3.8, 4) is 0 Å². The first-order valence-electron chi connectivity index (χ1n) is 3.63. The molecule has 0 bridgehead atoms. The Morgan fingerprint density at radius 1 is 1.60 bits per heavy atom. The summed E-state index contributed by atoms with van der Waals surface area (Å²) in [6, 6.07) is 0. The van der Waals surface area contributed by atoms with Gasteiger partial charge >= 0.3 is 5.97 Å². The van der Waals surface area contributed by atoms with Crippen LogP contribution in [0.1, 0.15) is 26.2 Å². The fourth-order valence-corrected chi connectivity index (χ4v) is 0.938. The second kappa shape index (κ2) is 3.40. The lowest BCUT2D eigenvalue weighted by atomic mass is 10.2.